The van der Waals surface area contributed by atoms with Gasteiger partial charge in [0.15, 0.2) is 5.65 Å². The Labute approximate surface area is 138 Å². The molecule has 6 nitrogen and oxygen atoms in total. The third-order valence-electron chi connectivity index (χ3n) is 3.47. The Balaban J connectivity index is 1.51. The minimum Gasteiger partial charge on any atom is -0.489 e. The Morgan fingerprint density at radius 1 is 1.04 bits per heavy atom. The lowest BCUT2D eigenvalue weighted by atomic mass is 10.3. The van der Waals surface area contributed by atoms with Crippen LogP contribution < -0.4 is 10.1 Å². The van der Waals surface area contributed by atoms with E-state index in [2.05, 4.69) is 20.4 Å². The summed E-state index contributed by atoms with van der Waals surface area (Å²) >= 11 is 0. The Morgan fingerprint density at radius 3 is 2.79 bits per heavy atom. The number of aromatic nitrogens is 4. The fourth-order valence-corrected chi connectivity index (χ4v) is 2.31. The SMILES string of the molecule is c1ccc(Nc2nc3cc(OCc4cccnc4)ccn3n2)cc1. The van der Waals surface area contributed by atoms with E-state index in [1.807, 2.05) is 60.8 Å². The molecular formula is C18H15N5O. The molecule has 0 bridgehead atoms. The lowest BCUT2D eigenvalue weighted by Gasteiger charge is -2.05. The van der Waals surface area contributed by atoms with Crippen molar-refractivity contribution in [3.63, 3.8) is 0 Å². The summed E-state index contributed by atoms with van der Waals surface area (Å²) in [5.41, 5.74) is 2.68. The van der Waals surface area contributed by atoms with Gasteiger partial charge < -0.3 is 10.1 Å². The first-order valence-electron chi connectivity index (χ1n) is 7.57. The van der Waals surface area contributed by atoms with E-state index in [-0.39, 0.29) is 0 Å². The molecule has 4 rings (SSSR count). The molecule has 24 heavy (non-hydrogen) atoms. The van der Waals surface area contributed by atoms with Gasteiger partial charge in [0, 0.05) is 35.9 Å². The first kappa shape index (κ1) is 14.2. The van der Waals surface area contributed by atoms with Crippen LogP contribution in [0.4, 0.5) is 11.6 Å². The van der Waals surface area contributed by atoms with Crippen LogP contribution in [0.5, 0.6) is 5.75 Å². The highest BCUT2D eigenvalue weighted by Gasteiger charge is 2.05. The number of hydrogen-bond acceptors (Lipinski definition) is 5. The zero-order valence-electron chi connectivity index (χ0n) is 12.8. The average molecular weight is 317 g/mol. The molecule has 0 radical (unpaired) electrons. The van der Waals surface area contributed by atoms with Crippen molar-refractivity contribution in [1.82, 2.24) is 19.6 Å². The average Bonchev–Trinajstić information content (AvgIpc) is 3.03. The molecule has 0 saturated carbocycles. The summed E-state index contributed by atoms with van der Waals surface area (Å²) in [7, 11) is 0. The predicted molar refractivity (Wildman–Crippen MR) is 91.3 cm³/mol. The molecule has 0 atom stereocenters. The van der Waals surface area contributed by atoms with Gasteiger partial charge in [0.25, 0.3) is 0 Å². The predicted octanol–water partition coefficient (Wildman–Crippen LogP) is 3.45. The first-order valence-corrected chi connectivity index (χ1v) is 7.57. The second kappa shape index (κ2) is 6.37. The lowest BCUT2D eigenvalue weighted by molar-refractivity contribution is 0.305. The Morgan fingerprint density at radius 2 is 1.96 bits per heavy atom. The highest BCUT2D eigenvalue weighted by molar-refractivity contribution is 5.56. The summed E-state index contributed by atoms with van der Waals surface area (Å²) < 4.78 is 7.50. The van der Waals surface area contributed by atoms with E-state index in [0.717, 1.165) is 22.6 Å². The Hall–Kier alpha value is -3.41. The van der Waals surface area contributed by atoms with Crippen LogP contribution in [0.25, 0.3) is 5.65 Å². The van der Waals surface area contributed by atoms with Gasteiger partial charge in [-0.3, -0.25) is 4.98 Å². The zero-order valence-corrected chi connectivity index (χ0v) is 12.8. The second-order valence-electron chi connectivity index (χ2n) is 5.24. The first-order chi connectivity index (χ1) is 11.9. The van der Waals surface area contributed by atoms with Crippen LogP contribution in [0.2, 0.25) is 0 Å². The van der Waals surface area contributed by atoms with Crippen LogP contribution in [-0.2, 0) is 6.61 Å². The molecule has 0 aliphatic heterocycles. The minimum absolute atomic E-state index is 0.466. The molecular weight excluding hydrogens is 302 g/mol. The maximum Gasteiger partial charge on any atom is 0.247 e. The van der Waals surface area contributed by atoms with Gasteiger partial charge >= 0.3 is 0 Å². The molecule has 0 aliphatic carbocycles. The number of anilines is 2. The van der Waals surface area contributed by atoms with Crippen molar-refractivity contribution in [1.29, 1.82) is 0 Å². The number of para-hydroxylation sites is 1. The van der Waals surface area contributed by atoms with Gasteiger partial charge in [-0.2, -0.15) is 4.98 Å². The van der Waals surface area contributed by atoms with Crippen LogP contribution >= 0.6 is 0 Å². The van der Waals surface area contributed by atoms with Gasteiger partial charge in [-0.25, -0.2) is 4.52 Å². The van der Waals surface area contributed by atoms with E-state index in [1.54, 1.807) is 16.9 Å². The van der Waals surface area contributed by atoms with Crippen LogP contribution in [0.15, 0.2) is 73.2 Å². The molecule has 0 spiro atoms. The Bertz CT molecular complexity index is 937. The second-order valence-corrected chi connectivity index (χ2v) is 5.24. The van der Waals surface area contributed by atoms with Gasteiger partial charge in [-0.1, -0.05) is 24.3 Å². The number of benzene rings is 1. The van der Waals surface area contributed by atoms with Gasteiger partial charge in [-0.15, -0.1) is 5.10 Å². The topological polar surface area (TPSA) is 64.3 Å². The monoisotopic (exact) mass is 317 g/mol. The van der Waals surface area contributed by atoms with Crippen molar-refractivity contribution in [2.45, 2.75) is 6.61 Å². The fourth-order valence-electron chi connectivity index (χ4n) is 2.31. The van der Waals surface area contributed by atoms with Crippen LogP contribution in [0.3, 0.4) is 0 Å². The summed E-state index contributed by atoms with van der Waals surface area (Å²) in [4.78, 5) is 8.55. The quantitative estimate of drug-likeness (QED) is 0.611. The molecule has 1 N–H and O–H groups in total. The van der Waals surface area contributed by atoms with Crippen molar-refractivity contribution in [3.05, 3.63) is 78.8 Å². The highest BCUT2D eigenvalue weighted by Crippen LogP contribution is 2.18. The number of hydrogen-bond donors (Lipinski definition) is 1. The van der Waals surface area contributed by atoms with E-state index in [4.69, 9.17) is 4.74 Å². The summed E-state index contributed by atoms with van der Waals surface area (Å²) in [5.74, 6) is 1.29. The van der Waals surface area contributed by atoms with Crippen LogP contribution in [-0.4, -0.2) is 19.6 Å². The number of ether oxygens (including phenoxy) is 1. The number of nitrogens with one attached hydrogen (secondary N) is 1. The summed E-state index contributed by atoms with van der Waals surface area (Å²) in [6, 6.07) is 17.4. The van der Waals surface area contributed by atoms with Crippen LogP contribution in [0, 0.1) is 0 Å². The van der Waals surface area contributed by atoms with E-state index in [1.165, 1.54) is 0 Å². The molecule has 0 aliphatic rings. The number of fused-ring (bicyclic) bond motifs is 1. The van der Waals surface area contributed by atoms with Crippen LogP contribution in [0.1, 0.15) is 5.56 Å². The maximum absolute atomic E-state index is 5.79. The molecule has 118 valence electrons. The number of rotatable bonds is 5. The molecule has 3 heterocycles. The van der Waals surface area contributed by atoms with Crippen molar-refractivity contribution < 1.29 is 4.74 Å². The molecule has 3 aromatic heterocycles. The fraction of sp³-hybridized carbons (Fsp3) is 0.0556. The van der Waals surface area contributed by atoms with Gasteiger partial charge in [0.05, 0.1) is 0 Å². The molecule has 0 fully saturated rings. The van der Waals surface area contributed by atoms with E-state index < -0.39 is 0 Å². The van der Waals surface area contributed by atoms with Crippen molar-refractivity contribution in [2.24, 2.45) is 0 Å². The van der Waals surface area contributed by atoms with Crippen molar-refractivity contribution in [3.8, 4) is 5.75 Å². The minimum atomic E-state index is 0.466. The maximum atomic E-state index is 5.79. The summed E-state index contributed by atoms with van der Waals surface area (Å²) in [6.45, 7) is 0.466. The molecule has 6 heteroatoms. The third-order valence-corrected chi connectivity index (χ3v) is 3.47. The number of nitrogens with zero attached hydrogens (tertiary/aromatic N) is 4. The van der Waals surface area contributed by atoms with E-state index in [0.29, 0.717) is 12.6 Å². The normalized spacial score (nSPS) is 10.7. The molecule has 4 aromatic rings. The van der Waals surface area contributed by atoms with E-state index >= 15 is 0 Å². The van der Waals surface area contributed by atoms with Crippen molar-refractivity contribution >= 4 is 17.3 Å². The summed E-state index contributed by atoms with van der Waals surface area (Å²) in [5, 5.41) is 7.57. The number of pyridine rings is 2. The highest BCUT2D eigenvalue weighted by atomic mass is 16.5. The van der Waals surface area contributed by atoms with E-state index in [9.17, 15) is 0 Å². The molecule has 0 saturated heterocycles. The van der Waals surface area contributed by atoms with Gasteiger partial charge in [0.1, 0.15) is 12.4 Å². The summed E-state index contributed by atoms with van der Waals surface area (Å²) in [6.07, 6.45) is 5.36. The standard InChI is InChI=1S/C18H15N5O/c1-2-6-15(7-3-1)20-18-21-17-11-16(8-10-23(17)22-18)24-13-14-5-4-9-19-12-14/h1-12H,13H2,(H,20,22). The van der Waals surface area contributed by atoms with Gasteiger partial charge in [-0.05, 0) is 24.3 Å². The molecule has 1 aromatic carbocycles. The largest absolute Gasteiger partial charge is 0.489 e. The van der Waals surface area contributed by atoms with Crippen molar-refractivity contribution in [2.75, 3.05) is 5.32 Å². The molecule has 0 amide bonds. The zero-order chi connectivity index (χ0) is 16.2. The smallest absolute Gasteiger partial charge is 0.247 e. The Kier molecular flexibility index (Phi) is 3.77. The molecule has 0 unspecified atom stereocenters. The third kappa shape index (κ3) is 3.17. The lowest BCUT2D eigenvalue weighted by Crippen LogP contribution is -1.96. The van der Waals surface area contributed by atoms with Gasteiger partial charge in [0.2, 0.25) is 5.95 Å².